The van der Waals surface area contributed by atoms with Crippen molar-refractivity contribution in [1.82, 2.24) is 4.98 Å². The van der Waals surface area contributed by atoms with Gasteiger partial charge in [0.25, 0.3) is 0 Å². The predicted molar refractivity (Wildman–Crippen MR) is 59.6 cm³/mol. The molecule has 0 N–H and O–H groups in total. The van der Waals surface area contributed by atoms with Crippen LogP contribution in [0.25, 0.3) is 11.3 Å². The third kappa shape index (κ3) is 2.61. The van der Waals surface area contributed by atoms with Gasteiger partial charge in [0.05, 0.1) is 11.3 Å². The molecule has 0 saturated carbocycles. The van der Waals surface area contributed by atoms with E-state index in [0.717, 1.165) is 12.1 Å². The minimum absolute atomic E-state index is 0.188. The van der Waals surface area contributed by atoms with Gasteiger partial charge < -0.3 is 0 Å². The van der Waals surface area contributed by atoms with E-state index >= 15 is 0 Å². The molecule has 1 nitrogen and oxygen atoms in total. The maximum absolute atomic E-state index is 13.4. The molecule has 2 rings (SSSR count). The summed E-state index contributed by atoms with van der Waals surface area (Å²) in [7, 11) is 0. The SMILES string of the molecule is Fc1cc(-c2cccc(Cl)n2)ccc1C(F)(F)F. The van der Waals surface area contributed by atoms with Crippen LogP contribution >= 0.6 is 11.6 Å². The molecule has 0 saturated heterocycles. The maximum Gasteiger partial charge on any atom is 0.419 e. The van der Waals surface area contributed by atoms with Gasteiger partial charge in [-0.1, -0.05) is 23.7 Å². The van der Waals surface area contributed by atoms with Crippen molar-refractivity contribution in [2.45, 2.75) is 6.18 Å². The number of nitrogens with zero attached hydrogens (tertiary/aromatic N) is 1. The lowest BCUT2D eigenvalue weighted by atomic mass is 10.1. The summed E-state index contributed by atoms with van der Waals surface area (Å²) < 4.78 is 50.5. The smallest absolute Gasteiger partial charge is 0.236 e. The molecule has 0 amide bonds. The summed E-state index contributed by atoms with van der Waals surface area (Å²) >= 11 is 5.65. The highest BCUT2D eigenvalue weighted by atomic mass is 35.5. The fourth-order valence-corrected chi connectivity index (χ4v) is 1.64. The molecule has 0 radical (unpaired) electrons. The fourth-order valence-electron chi connectivity index (χ4n) is 1.47. The Hall–Kier alpha value is -1.62. The summed E-state index contributed by atoms with van der Waals surface area (Å²) in [6.07, 6.45) is -4.70. The Balaban J connectivity index is 2.47. The van der Waals surface area contributed by atoms with Crippen LogP contribution in [0.5, 0.6) is 0 Å². The van der Waals surface area contributed by atoms with Crippen molar-refractivity contribution in [3.05, 3.63) is 52.9 Å². The van der Waals surface area contributed by atoms with E-state index in [0.29, 0.717) is 11.8 Å². The van der Waals surface area contributed by atoms with Crippen LogP contribution in [-0.2, 0) is 6.18 Å². The van der Waals surface area contributed by atoms with Gasteiger partial charge in [-0.2, -0.15) is 13.2 Å². The van der Waals surface area contributed by atoms with Crippen LogP contribution < -0.4 is 0 Å². The van der Waals surface area contributed by atoms with Crippen molar-refractivity contribution in [3.63, 3.8) is 0 Å². The van der Waals surface area contributed by atoms with Gasteiger partial charge in [0.1, 0.15) is 11.0 Å². The molecule has 6 heteroatoms. The third-order valence-corrected chi connectivity index (χ3v) is 2.50. The normalized spacial score (nSPS) is 11.6. The zero-order valence-electron chi connectivity index (χ0n) is 8.80. The Bertz CT molecular complexity index is 581. The number of benzene rings is 1. The minimum Gasteiger partial charge on any atom is -0.236 e. The molecule has 0 unspecified atom stereocenters. The van der Waals surface area contributed by atoms with Crippen LogP contribution in [0.1, 0.15) is 5.56 Å². The van der Waals surface area contributed by atoms with Gasteiger partial charge >= 0.3 is 6.18 Å². The quantitative estimate of drug-likeness (QED) is 0.549. The molecule has 0 aliphatic rings. The first-order valence-electron chi connectivity index (χ1n) is 4.87. The molecular formula is C12H6ClF4N. The molecule has 0 aliphatic carbocycles. The Morgan fingerprint density at radius 2 is 1.78 bits per heavy atom. The Kier molecular flexibility index (Phi) is 3.26. The van der Waals surface area contributed by atoms with Gasteiger partial charge in [-0.3, -0.25) is 0 Å². The van der Waals surface area contributed by atoms with Gasteiger partial charge in [-0.25, -0.2) is 9.37 Å². The van der Waals surface area contributed by atoms with E-state index in [2.05, 4.69) is 4.98 Å². The Morgan fingerprint density at radius 3 is 2.33 bits per heavy atom. The van der Waals surface area contributed by atoms with Crippen LogP contribution in [0.15, 0.2) is 36.4 Å². The van der Waals surface area contributed by atoms with Crippen LogP contribution in [-0.4, -0.2) is 4.98 Å². The molecular weight excluding hydrogens is 270 g/mol. The van der Waals surface area contributed by atoms with E-state index in [1.807, 2.05) is 0 Å². The lowest BCUT2D eigenvalue weighted by Gasteiger charge is -2.09. The third-order valence-electron chi connectivity index (χ3n) is 2.29. The number of hydrogen-bond acceptors (Lipinski definition) is 1. The number of alkyl halides is 3. The number of hydrogen-bond donors (Lipinski definition) is 0. The number of pyridine rings is 1. The topological polar surface area (TPSA) is 12.9 Å². The van der Waals surface area contributed by atoms with E-state index in [1.54, 1.807) is 6.07 Å². The van der Waals surface area contributed by atoms with Crippen molar-refractivity contribution in [2.24, 2.45) is 0 Å². The van der Waals surface area contributed by atoms with Crippen molar-refractivity contribution in [2.75, 3.05) is 0 Å². The highest BCUT2D eigenvalue weighted by Gasteiger charge is 2.33. The van der Waals surface area contributed by atoms with Gasteiger partial charge in [0.2, 0.25) is 0 Å². The average molecular weight is 276 g/mol. The van der Waals surface area contributed by atoms with E-state index in [9.17, 15) is 17.6 Å². The van der Waals surface area contributed by atoms with Gasteiger partial charge in [-0.05, 0) is 24.3 Å². The molecule has 0 atom stereocenters. The number of rotatable bonds is 1. The van der Waals surface area contributed by atoms with Crippen molar-refractivity contribution in [3.8, 4) is 11.3 Å². The van der Waals surface area contributed by atoms with Crippen LogP contribution in [0.4, 0.5) is 17.6 Å². The van der Waals surface area contributed by atoms with Crippen LogP contribution in [0.2, 0.25) is 5.15 Å². The zero-order chi connectivity index (χ0) is 13.3. The molecule has 0 spiro atoms. The first-order valence-corrected chi connectivity index (χ1v) is 5.25. The molecule has 1 aromatic heterocycles. The summed E-state index contributed by atoms with van der Waals surface area (Å²) in [6.45, 7) is 0. The first-order chi connectivity index (χ1) is 8.38. The molecule has 1 heterocycles. The standard InChI is InChI=1S/C12H6ClF4N/c13-11-3-1-2-10(18-11)7-4-5-8(9(14)6-7)12(15,16)17/h1-6H. The van der Waals surface area contributed by atoms with E-state index in [1.165, 1.54) is 12.1 Å². The van der Waals surface area contributed by atoms with Crippen LogP contribution in [0.3, 0.4) is 0 Å². The second kappa shape index (κ2) is 4.57. The molecule has 0 aliphatic heterocycles. The zero-order valence-corrected chi connectivity index (χ0v) is 9.56. The lowest BCUT2D eigenvalue weighted by molar-refractivity contribution is -0.139. The predicted octanol–water partition coefficient (Wildman–Crippen LogP) is 4.56. The summed E-state index contributed by atoms with van der Waals surface area (Å²) in [4.78, 5) is 3.89. The first kappa shape index (κ1) is 12.8. The number of aromatic nitrogens is 1. The number of halogens is 5. The largest absolute Gasteiger partial charge is 0.419 e. The monoisotopic (exact) mass is 275 g/mol. The molecule has 2 aromatic rings. The summed E-state index contributed by atoms with van der Waals surface area (Å²) in [5.74, 6) is -1.33. The Labute approximate surface area is 105 Å². The second-order valence-electron chi connectivity index (χ2n) is 3.54. The van der Waals surface area contributed by atoms with Gasteiger partial charge in [0, 0.05) is 5.56 Å². The highest BCUT2D eigenvalue weighted by Crippen LogP contribution is 2.33. The van der Waals surface area contributed by atoms with Crippen molar-refractivity contribution in [1.29, 1.82) is 0 Å². The van der Waals surface area contributed by atoms with E-state index in [-0.39, 0.29) is 10.7 Å². The molecule has 18 heavy (non-hydrogen) atoms. The van der Waals surface area contributed by atoms with E-state index < -0.39 is 17.6 Å². The van der Waals surface area contributed by atoms with Crippen molar-refractivity contribution >= 4 is 11.6 Å². The fraction of sp³-hybridized carbons (Fsp3) is 0.0833. The summed E-state index contributed by atoms with van der Waals surface area (Å²) in [5.41, 5.74) is -0.744. The second-order valence-corrected chi connectivity index (χ2v) is 3.93. The van der Waals surface area contributed by atoms with Gasteiger partial charge in [0.15, 0.2) is 0 Å². The highest BCUT2D eigenvalue weighted by molar-refractivity contribution is 6.29. The average Bonchev–Trinajstić information content (AvgIpc) is 2.27. The molecule has 0 fully saturated rings. The minimum atomic E-state index is -4.70. The van der Waals surface area contributed by atoms with Crippen LogP contribution in [0, 0.1) is 5.82 Å². The summed E-state index contributed by atoms with van der Waals surface area (Å²) in [5, 5.41) is 0.188. The van der Waals surface area contributed by atoms with E-state index in [4.69, 9.17) is 11.6 Å². The maximum atomic E-state index is 13.4. The molecule has 0 bridgehead atoms. The van der Waals surface area contributed by atoms with Crippen molar-refractivity contribution < 1.29 is 17.6 Å². The molecule has 94 valence electrons. The summed E-state index contributed by atoms with van der Waals surface area (Å²) in [6, 6.07) is 7.28. The lowest BCUT2D eigenvalue weighted by Crippen LogP contribution is -2.07. The Morgan fingerprint density at radius 1 is 1.06 bits per heavy atom. The van der Waals surface area contributed by atoms with Gasteiger partial charge in [-0.15, -0.1) is 0 Å². The molecule has 1 aromatic carbocycles.